The number of benzene rings is 2. The second kappa shape index (κ2) is 11.7. The standard InChI is InChI=1S/C27H31F3N4O2S/c1-2-9-33(10-8-27(28,29)30)26(36)22-11-21-7-6-20(13-24(21)32-25(31)14-22)19-4-3-5-23(12-19)37-34-15-18(16-34)17-35/h3-7,11-13,18,35H,2,8-10,14-17H2,1H3,(H2,31,32). The second-order valence-corrected chi connectivity index (χ2v) is 10.6. The summed E-state index contributed by atoms with van der Waals surface area (Å²) in [7, 11) is 0. The molecule has 0 unspecified atom stereocenters. The van der Waals surface area contributed by atoms with E-state index < -0.39 is 18.5 Å². The van der Waals surface area contributed by atoms with Crippen LogP contribution in [-0.2, 0) is 4.79 Å². The average Bonchev–Trinajstić information content (AvgIpc) is 3.00. The van der Waals surface area contributed by atoms with Crippen LogP contribution in [0.15, 0.2) is 57.9 Å². The highest BCUT2D eigenvalue weighted by atomic mass is 32.2. The van der Waals surface area contributed by atoms with Crippen molar-refractivity contribution >= 4 is 35.5 Å². The molecule has 2 aromatic rings. The first-order chi connectivity index (χ1) is 17.6. The smallest absolute Gasteiger partial charge is 0.390 e. The van der Waals surface area contributed by atoms with Gasteiger partial charge in [-0.1, -0.05) is 31.2 Å². The summed E-state index contributed by atoms with van der Waals surface area (Å²) in [6.07, 6.45) is -3.06. The van der Waals surface area contributed by atoms with Crippen LogP contribution in [0.3, 0.4) is 0 Å². The molecule has 3 N–H and O–H groups in total. The van der Waals surface area contributed by atoms with E-state index in [0.717, 1.165) is 29.1 Å². The number of hydrogen-bond acceptors (Lipinski definition) is 6. The van der Waals surface area contributed by atoms with Crippen molar-refractivity contribution in [2.24, 2.45) is 16.6 Å². The molecule has 198 valence electrons. The van der Waals surface area contributed by atoms with Gasteiger partial charge in [-0.05, 0) is 53.8 Å². The number of rotatable bonds is 9. The van der Waals surface area contributed by atoms with Gasteiger partial charge in [0.05, 0.1) is 12.1 Å². The Morgan fingerprint density at radius 1 is 1.19 bits per heavy atom. The molecular formula is C27H31F3N4O2S. The SMILES string of the molecule is CCCN(CCC(F)(F)F)C(=O)C1=Cc2ccc(-c3cccc(SN4CC(CO)C4)c3)cc2N=C(N)C1. The molecule has 10 heteroatoms. The van der Waals surface area contributed by atoms with Crippen LogP contribution in [0.1, 0.15) is 31.7 Å². The summed E-state index contributed by atoms with van der Waals surface area (Å²) in [5.74, 6) is 0.135. The van der Waals surface area contributed by atoms with Gasteiger partial charge in [0.1, 0.15) is 5.84 Å². The Morgan fingerprint density at radius 2 is 1.95 bits per heavy atom. The lowest BCUT2D eigenvalue weighted by Gasteiger charge is -2.36. The fourth-order valence-corrected chi connectivity index (χ4v) is 5.54. The summed E-state index contributed by atoms with van der Waals surface area (Å²) in [6.45, 7) is 3.60. The fraction of sp³-hybridized carbons (Fsp3) is 0.407. The van der Waals surface area contributed by atoms with Gasteiger partial charge in [0.25, 0.3) is 0 Å². The minimum absolute atomic E-state index is 0.0753. The number of halogens is 3. The number of carbonyl (C=O) groups excluding carboxylic acids is 1. The van der Waals surface area contributed by atoms with Crippen molar-refractivity contribution in [2.75, 3.05) is 32.8 Å². The summed E-state index contributed by atoms with van der Waals surface area (Å²) in [6, 6.07) is 13.9. The molecule has 4 rings (SSSR count). The first-order valence-corrected chi connectivity index (χ1v) is 13.1. The number of aliphatic hydroxyl groups is 1. The molecule has 0 saturated carbocycles. The van der Waals surface area contributed by atoms with E-state index in [1.54, 1.807) is 18.0 Å². The highest BCUT2D eigenvalue weighted by molar-refractivity contribution is 7.97. The second-order valence-electron chi connectivity index (χ2n) is 9.40. The van der Waals surface area contributed by atoms with Gasteiger partial charge in [-0.3, -0.25) is 4.79 Å². The highest BCUT2D eigenvalue weighted by Crippen LogP contribution is 2.35. The van der Waals surface area contributed by atoms with Gasteiger partial charge in [-0.25, -0.2) is 9.30 Å². The molecule has 0 bridgehead atoms. The van der Waals surface area contributed by atoms with E-state index in [1.807, 2.05) is 43.3 Å². The molecule has 37 heavy (non-hydrogen) atoms. The maximum atomic E-state index is 13.2. The minimum Gasteiger partial charge on any atom is -0.396 e. The molecule has 2 aliphatic rings. The van der Waals surface area contributed by atoms with Crippen LogP contribution in [0.2, 0.25) is 0 Å². The highest BCUT2D eigenvalue weighted by Gasteiger charge is 2.30. The average molecular weight is 533 g/mol. The zero-order valence-corrected chi connectivity index (χ0v) is 21.5. The number of fused-ring (bicyclic) bond motifs is 1. The van der Waals surface area contributed by atoms with Crippen molar-refractivity contribution in [3.63, 3.8) is 0 Å². The van der Waals surface area contributed by atoms with E-state index in [-0.39, 0.29) is 32.0 Å². The van der Waals surface area contributed by atoms with Crippen molar-refractivity contribution < 1.29 is 23.1 Å². The molecule has 2 aliphatic heterocycles. The Bertz CT molecular complexity index is 1190. The summed E-state index contributed by atoms with van der Waals surface area (Å²) < 4.78 is 40.6. The first-order valence-electron chi connectivity index (χ1n) is 12.3. The number of nitrogens with zero attached hydrogens (tertiary/aromatic N) is 3. The Labute approximate surface area is 219 Å². The first kappa shape index (κ1) is 27.2. The summed E-state index contributed by atoms with van der Waals surface area (Å²) in [4.78, 5) is 20.0. The molecule has 0 aliphatic carbocycles. The van der Waals surface area contributed by atoms with E-state index in [2.05, 4.69) is 15.4 Å². The van der Waals surface area contributed by atoms with Crippen LogP contribution in [0.5, 0.6) is 0 Å². The topological polar surface area (TPSA) is 82.2 Å². The van der Waals surface area contributed by atoms with Crippen molar-refractivity contribution in [1.82, 2.24) is 9.21 Å². The molecule has 6 nitrogen and oxygen atoms in total. The number of amides is 1. The van der Waals surface area contributed by atoms with Gasteiger partial charge in [0.2, 0.25) is 5.91 Å². The quantitative estimate of drug-likeness (QED) is 0.431. The van der Waals surface area contributed by atoms with E-state index in [4.69, 9.17) is 5.73 Å². The zero-order chi connectivity index (χ0) is 26.6. The Morgan fingerprint density at radius 3 is 2.65 bits per heavy atom. The lowest BCUT2D eigenvalue weighted by Crippen LogP contribution is -2.43. The van der Waals surface area contributed by atoms with Gasteiger partial charge < -0.3 is 15.7 Å². The number of alkyl halides is 3. The lowest BCUT2D eigenvalue weighted by molar-refractivity contribution is -0.143. The Kier molecular flexibility index (Phi) is 8.61. The summed E-state index contributed by atoms with van der Waals surface area (Å²) in [5, 5.41) is 9.23. The third kappa shape index (κ3) is 7.15. The molecule has 0 radical (unpaired) electrons. The van der Waals surface area contributed by atoms with Gasteiger partial charge in [0, 0.05) is 61.2 Å². The molecule has 0 spiro atoms. The zero-order valence-electron chi connectivity index (χ0n) is 20.7. The van der Waals surface area contributed by atoms with Crippen molar-refractivity contribution in [3.05, 3.63) is 53.6 Å². The van der Waals surface area contributed by atoms with Crippen LogP contribution in [0.4, 0.5) is 18.9 Å². The predicted molar refractivity (Wildman–Crippen MR) is 141 cm³/mol. The largest absolute Gasteiger partial charge is 0.396 e. The number of amidine groups is 1. The summed E-state index contributed by atoms with van der Waals surface area (Å²) >= 11 is 1.66. The minimum atomic E-state index is -4.33. The molecule has 1 saturated heterocycles. The molecule has 1 amide bonds. The Hall–Kier alpha value is -2.82. The summed E-state index contributed by atoms with van der Waals surface area (Å²) in [5.41, 5.74) is 9.72. The number of nitrogens with two attached hydrogens (primary N) is 1. The molecule has 2 heterocycles. The number of aliphatic hydroxyl groups excluding tert-OH is 1. The third-order valence-corrected chi connectivity index (χ3v) is 7.32. The third-order valence-electron chi connectivity index (χ3n) is 6.30. The number of aliphatic imine (C=N–C) groups is 1. The monoisotopic (exact) mass is 532 g/mol. The van der Waals surface area contributed by atoms with Crippen LogP contribution >= 0.6 is 11.9 Å². The fourth-order valence-electron chi connectivity index (χ4n) is 4.35. The van der Waals surface area contributed by atoms with Crippen LogP contribution < -0.4 is 5.73 Å². The molecule has 2 aromatic carbocycles. The lowest BCUT2D eigenvalue weighted by atomic mass is 10.0. The maximum Gasteiger partial charge on any atom is 0.390 e. The molecular weight excluding hydrogens is 501 g/mol. The van der Waals surface area contributed by atoms with Crippen molar-refractivity contribution in [1.29, 1.82) is 0 Å². The molecule has 0 atom stereocenters. The van der Waals surface area contributed by atoms with Gasteiger partial charge in [-0.15, -0.1) is 0 Å². The van der Waals surface area contributed by atoms with Gasteiger partial charge in [-0.2, -0.15) is 13.2 Å². The van der Waals surface area contributed by atoms with E-state index in [1.165, 1.54) is 4.90 Å². The Balaban J connectivity index is 1.55. The number of hydrogen-bond donors (Lipinski definition) is 2. The van der Waals surface area contributed by atoms with Gasteiger partial charge >= 0.3 is 6.18 Å². The van der Waals surface area contributed by atoms with E-state index in [9.17, 15) is 23.1 Å². The number of carbonyl (C=O) groups is 1. The predicted octanol–water partition coefficient (Wildman–Crippen LogP) is 5.25. The van der Waals surface area contributed by atoms with Gasteiger partial charge in [0.15, 0.2) is 0 Å². The van der Waals surface area contributed by atoms with Crippen molar-refractivity contribution in [3.8, 4) is 11.1 Å². The van der Waals surface area contributed by atoms with Crippen molar-refractivity contribution in [2.45, 2.75) is 37.3 Å². The van der Waals surface area contributed by atoms with Crippen LogP contribution in [-0.4, -0.2) is 65.0 Å². The van der Waals surface area contributed by atoms with E-state index >= 15 is 0 Å². The van der Waals surface area contributed by atoms with Crippen LogP contribution in [0, 0.1) is 5.92 Å². The normalized spacial score (nSPS) is 16.4. The molecule has 0 aromatic heterocycles. The van der Waals surface area contributed by atoms with E-state index in [0.29, 0.717) is 29.2 Å². The molecule has 1 fully saturated rings. The van der Waals surface area contributed by atoms with Crippen LogP contribution in [0.25, 0.3) is 17.2 Å². The maximum absolute atomic E-state index is 13.2.